The summed E-state index contributed by atoms with van der Waals surface area (Å²) < 4.78 is 10.3. The predicted octanol–water partition coefficient (Wildman–Crippen LogP) is 2.39. The fourth-order valence-electron chi connectivity index (χ4n) is 2.89. The summed E-state index contributed by atoms with van der Waals surface area (Å²) >= 11 is 0. The summed E-state index contributed by atoms with van der Waals surface area (Å²) in [4.78, 5) is 18.4. The number of hydrogen-bond acceptors (Lipinski definition) is 5. The highest BCUT2D eigenvalue weighted by Crippen LogP contribution is 2.05. The highest BCUT2D eigenvalue weighted by molar-refractivity contribution is 14.0. The molecule has 0 aliphatic carbocycles. The van der Waals surface area contributed by atoms with Gasteiger partial charge in [-0.2, -0.15) is 0 Å². The summed E-state index contributed by atoms with van der Waals surface area (Å²) in [5.74, 6) is 0.806. The predicted molar refractivity (Wildman–Crippen MR) is 121 cm³/mol. The number of carbonyl (C=O) groups excluding carboxylic acids is 1. The zero-order valence-electron chi connectivity index (χ0n) is 17.3. The molecular formula is C19H39IN4O3. The normalized spacial score (nSPS) is 16.3. The SMILES string of the molecule is CCNC(=NCC(C)N1CCOCC1)NCCCCCCC(=O)OCC.I. The van der Waals surface area contributed by atoms with E-state index in [4.69, 9.17) is 14.5 Å². The van der Waals surface area contributed by atoms with Crippen molar-refractivity contribution >= 4 is 35.9 Å². The first-order valence-corrected chi connectivity index (χ1v) is 10.2. The van der Waals surface area contributed by atoms with Crippen molar-refractivity contribution < 1.29 is 14.3 Å². The Kier molecular flexibility index (Phi) is 17.1. The van der Waals surface area contributed by atoms with Crippen LogP contribution in [-0.2, 0) is 14.3 Å². The molecule has 1 aliphatic rings. The molecule has 160 valence electrons. The molecule has 0 aromatic rings. The van der Waals surface area contributed by atoms with E-state index in [9.17, 15) is 4.79 Å². The largest absolute Gasteiger partial charge is 0.466 e. The van der Waals surface area contributed by atoms with Gasteiger partial charge in [0.25, 0.3) is 0 Å². The number of nitrogens with one attached hydrogen (secondary N) is 2. The van der Waals surface area contributed by atoms with Crippen LogP contribution >= 0.6 is 24.0 Å². The zero-order chi connectivity index (χ0) is 19.0. The van der Waals surface area contributed by atoms with Gasteiger partial charge < -0.3 is 20.1 Å². The van der Waals surface area contributed by atoms with Gasteiger partial charge in [0.1, 0.15) is 0 Å². The van der Waals surface area contributed by atoms with Gasteiger partial charge in [-0.3, -0.25) is 14.7 Å². The number of hydrogen-bond donors (Lipinski definition) is 2. The number of carbonyl (C=O) groups is 1. The number of unbranched alkanes of at least 4 members (excludes halogenated alkanes) is 3. The van der Waals surface area contributed by atoms with Gasteiger partial charge in [0, 0.05) is 38.6 Å². The number of ether oxygens (including phenoxy) is 2. The third-order valence-electron chi connectivity index (χ3n) is 4.43. The van der Waals surface area contributed by atoms with E-state index in [1.54, 1.807) is 0 Å². The molecule has 0 spiro atoms. The molecule has 7 nitrogen and oxygen atoms in total. The van der Waals surface area contributed by atoms with Crippen LogP contribution in [0.2, 0.25) is 0 Å². The van der Waals surface area contributed by atoms with E-state index >= 15 is 0 Å². The number of esters is 1. The van der Waals surface area contributed by atoms with E-state index in [0.29, 0.717) is 19.1 Å². The van der Waals surface area contributed by atoms with Gasteiger partial charge >= 0.3 is 5.97 Å². The minimum atomic E-state index is -0.0819. The average molecular weight is 498 g/mol. The molecule has 0 bridgehead atoms. The maximum Gasteiger partial charge on any atom is 0.305 e. The van der Waals surface area contributed by atoms with Crippen LogP contribution in [0.1, 0.15) is 52.9 Å². The maximum atomic E-state index is 11.3. The van der Waals surface area contributed by atoms with Crippen molar-refractivity contribution in [3.8, 4) is 0 Å². The lowest BCUT2D eigenvalue weighted by Gasteiger charge is -2.31. The summed E-state index contributed by atoms with van der Waals surface area (Å²) in [6.07, 6.45) is 4.68. The lowest BCUT2D eigenvalue weighted by molar-refractivity contribution is -0.143. The van der Waals surface area contributed by atoms with Crippen LogP contribution in [0, 0.1) is 0 Å². The van der Waals surface area contributed by atoms with Crippen LogP contribution in [0.15, 0.2) is 4.99 Å². The minimum Gasteiger partial charge on any atom is -0.466 e. The molecule has 1 heterocycles. The van der Waals surface area contributed by atoms with Crippen molar-refractivity contribution in [2.75, 3.05) is 52.5 Å². The number of morpholine rings is 1. The van der Waals surface area contributed by atoms with E-state index in [-0.39, 0.29) is 29.9 Å². The van der Waals surface area contributed by atoms with Crippen molar-refractivity contribution in [3.05, 3.63) is 0 Å². The number of halogens is 1. The lowest BCUT2D eigenvalue weighted by Crippen LogP contribution is -2.44. The third-order valence-corrected chi connectivity index (χ3v) is 4.43. The lowest BCUT2D eigenvalue weighted by atomic mass is 10.1. The van der Waals surface area contributed by atoms with Gasteiger partial charge in [0.05, 0.1) is 26.4 Å². The third kappa shape index (κ3) is 13.2. The molecular weight excluding hydrogens is 459 g/mol. The Bertz CT molecular complexity index is 404. The van der Waals surface area contributed by atoms with E-state index in [0.717, 1.165) is 77.6 Å². The van der Waals surface area contributed by atoms with Crippen LogP contribution in [0.3, 0.4) is 0 Å². The number of nitrogens with zero attached hydrogens (tertiary/aromatic N) is 2. The topological polar surface area (TPSA) is 75.2 Å². The van der Waals surface area contributed by atoms with Crippen LogP contribution in [-0.4, -0.2) is 75.4 Å². The van der Waals surface area contributed by atoms with E-state index < -0.39 is 0 Å². The molecule has 1 aliphatic heterocycles. The number of aliphatic imine (C=N–C) groups is 1. The highest BCUT2D eigenvalue weighted by atomic mass is 127. The first-order chi connectivity index (χ1) is 12.7. The molecule has 0 saturated carbocycles. The standard InChI is InChI=1S/C19H38N4O3.HI/c1-4-20-19(22-16-17(3)23-12-14-25-15-13-23)21-11-9-7-6-8-10-18(24)26-5-2;/h17H,4-16H2,1-3H3,(H2,20,21,22);1H. The second-order valence-electron chi connectivity index (χ2n) is 6.61. The van der Waals surface area contributed by atoms with Crippen molar-refractivity contribution in [3.63, 3.8) is 0 Å². The Hall–Kier alpha value is -0.610. The molecule has 8 heteroatoms. The first-order valence-electron chi connectivity index (χ1n) is 10.2. The van der Waals surface area contributed by atoms with E-state index in [1.165, 1.54) is 0 Å². The van der Waals surface area contributed by atoms with Crippen LogP contribution in [0.5, 0.6) is 0 Å². The van der Waals surface area contributed by atoms with Crippen LogP contribution < -0.4 is 10.6 Å². The molecule has 0 aromatic carbocycles. The molecule has 0 amide bonds. The second-order valence-corrected chi connectivity index (χ2v) is 6.61. The Balaban J connectivity index is 0.00000676. The Labute approximate surface area is 182 Å². The summed E-state index contributed by atoms with van der Waals surface area (Å²) in [5.41, 5.74) is 0. The summed E-state index contributed by atoms with van der Waals surface area (Å²) in [6.45, 7) is 12.8. The van der Waals surface area contributed by atoms with E-state index in [1.807, 2.05) is 6.92 Å². The van der Waals surface area contributed by atoms with Gasteiger partial charge in [-0.1, -0.05) is 12.8 Å². The molecule has 1 saturated heterocycles. The fraction of sp³-hybridized carbons (Fsp3) is 0.895. The van der Waals surface area contributed by atoms with Crippen molar-refractivity contribution in [1.29, 1.82) is 0 Å². The molecule has 1 rings (SSSR count). The molecule has 0 aromatic heterocycles. The van der Waals surface area contributed by atoms with Crippen molar-refractivity contribution in [1.82, 2.24) is 15.5 Å². The fourth-order valence-corrected chi connectivity index (χ4v) is 2.89. The van der Waals surface area contributed by atoms with Gasteiger partial charge in [0.2, 0.25) is 0 Å². The maximum absolute atomic E-state index is 11.3. The quantitative estimate of drug-likeness (QED) is 0.142. The van der Waals surface area contributed by atoms with E-state index in [2.05, 4.69) is 29.4 Å². The summed E-state index contributed by atoms with van der Waals surface area (Å²) in [5, 5.41) is 6.71. The monoisotopic (exact) mass is 498 g/mol. The Morgan fingerprint density at radius 1 is 1.15 bits per heavy atom. The van der Waals surface area contributed by atoms with Gasteiger partial charge in [-0.05, 0) is 33.6 Å². The van der Waals surface area contributed by atoms with Crippen molar-refractivity contribution in [2.24, 2.45) is 4.99 Å². The van der Waals surface area contributed by atoms with Crippen LogP contribution in [0.25, 0.3) is 0 Å². The summed E-state index contributed by atoms with van der Waals surface area (Å²) in [6, 6.07) is 0.428. The average Bonchev–Trinajstić information content (AvgIpc) is 2.65. The van der Waals surface area contributed by atoms with Crippen molar-refractivity contribution in [2.45, 2.75) is 58.9 Å². The second kappa shape index (κ2) is 17.5. The Morgan fingerprint density at radius 3 is 2.52 bits per heavy atom. The van der Waals surface area contributed by atoms with Crippen LogP contribution in [0.4, 0.5) is 0 Å². The molecule has 0 radical (unpaired) electrons. The van der Waals surface area contributed by atoms with Gasteiger partial charge in [-0.15, -0.1) is 24.0 Å². The molecule has 1 fully saturated rings. The molecule has 1 unspecified atom stereocenters. The first kappa shape index (κ1) is 26.4. The summed E-state index contributed by atoms with van der Waals surface area (Å²) in [7, 11) is 0. The molecule has 1 atom stereocenters. The number of rotatable bonds is 12. The minimum absolute atomic E-state index is 0. The smallest absolute Gasteiger partial charge is 0.305 e. The molecule has 2 N–H and O–H groups in total. The number of guanidine groups is 1. The highest BCUT2D eigenvalue weighted by Gasteiger charge is 2.16. The van der Waals surface area contributed by atoms with Gasteiger partial charge in [0.15, 0.2) is 5.96 Å². The van der Waals surface area contributed by atoms with Gasteiger partial charge in [-0.25, -0.2) is 0 Å². The molecule has 27 heavy (non-hydrogen) atoms. The Morgan fingerprint density at radius 2 is 1.85 bits per heavy atom. The zero-order valence-corrected chi connectivity index (χ0v) is 19.6.